The topological polar surface area (TPSA) is 151 Å². The zero-order chi connectivity index (χ0) is 31.8. The van der Waals surface area contributed by atoms with E-state index in [9.17, 15) is 31.1 Å². The van der Waals surface area contributed by atoms with Gasteiger partial charge in [0, 0.05) is 61.1 Å². The molecule has 43 heavy (non-hydrogen) atoms. The SMILES string of the molecule is O=C(O)C(F)(F)F.O=C(O)C(F)(F)F.O=C(c1ccncc1)N1CCC(c2nc3ccc(-c4ccncc4)cn3n2)CC1. The Morgan fingerprint density at radius 3 is 1.72 bits per heavy atom. The number of pyridine rings is 3. The summed E-state index contributed by atoms with van der Waals surface area (Å²) in [5.41, 5.74) is 3.71. The predicted molar refractivity (Wildman–Crippen MR) is 136 cm³/mol. The van der Waals surface area contributed by atoms with Crippen molar-refractivity contribution in [3.63, 3.8) is 0 Å². The molecular weight excluding hydrogens is 590 g/mol. The molecule has 228 valence electrons. The number of aliphatic carboxylic acids is 2. The van der Waals surface area contributed by atoms with Crippen molar-refractivity contribution in [2.75, 3.05) is 13.1 Å². The van der Waals surface area contributed by atoms with Crippen molar-refractivity contribution in [1.29, 1.82) is 0 Å². The Kier molecular flexibility index (Phi) is 10.3. The first-order valence-corrected chi connectivity index (χ1v) is 12.2. The van der Waals surface area contributed by atoms with Gasteiger partial charge in [-0.05, 0) is 54.8 Å². The lowest BCUT2D eigenvalue weighted by Gasteiger charge is -2.30. The zero-order valence-electron chi connectivity index (χ0n) is 21.8. The Morgan fingerprint density at radius 2 is 1.23 bits per heavy atom. The number of rotatable bonds is 3. The highest BCUT2D eigenvalue weighted by atomic mass is 19.4. The first kappa shape index (κ1) is 32.4. The molecule has 5 rings (SSSR count). The standard InChI is InChI=1S/C22H20N6O.2C2HF3O2/c29-22(18-5-11-24-12-6-18)27-13-7-17(8-14-27)21-25-20-2-1-19(15-28(20)26-21)16-3-9-23-10-4-16;2*3-2(4,5)1(6)7/h1-6,9-12,15,17H,7-8,13-14H2;2*(H,6,7). The molecule has 1 saturated heterocycles. The van der Waals surface area contributed by atoms with Gasteiger partial charge in [-0.25, -0.2) is 19.1 Å². The molecule has 4 aromatic rings. The average Bonchev–Trinajstić information content (AvgIpc) is 3.41. The van der Waals surface area contributed by atoms with Crippen molar-refractivity contribution in [2.45, 2.75) is 31.1 Å². The first-order chi connectivity index (χ1) is 20.2. The highest BCUT2D eigenvalue weighted by Gasteiger charge is 2.39. The minimum Gasteiger partial charge on any atom is -0.475 e. The normalized spacial score (nSPS) is 13.8. The van der Waals surface area contributed by atoms with E-state index in [-0.39, 0.29) is 11.8 Å². The van der Waals surface area contributed by atoms with Gasteiger partial charge in [0.15, 0.2) is 11.5 Å². The molecule has 11 nitrogen and oxygen atoms in total. The van der Waals surface area contributed by atoms with Crippen LogP contribution in [-0.4, -0.2) is 83.0 Å². The van der Waals surface area contributed by atoms with Gasteiger partial charge in [0.1, 0.15) is 0 Å². The molecule has 17 heteroatoms. The van der Waals surface area contributed by atoms with Crippen molar-refractivity contribution in [2.24, 2.45) is 0 Å². The Morgan fingerprint density at radius 1 is 0.744 bits per heavy atom. The lowest BCUT2D eigenvalue weighted by Crippen LogP contribution is -2.38. The van der Waals surface area contributed by atoms with E-state index < -0.39 is 24.3 Å². The number of nitrogens with zero attached hydrogens (tertiary/aromatic N) is 6. The van der Waals surface area contributed by atoms with Crippen LogP contribution in [0.1, 0.15) is 34.9 Å². The fraction of sp³-hybridized carbons (Fsp3) is 0.269. The number of fused-ring (bicyclic) bond motifs is 1. The van der Waals surface area contributed by atoms with Gasteiger partial charge in [-0.3, -0.25) is 14.8 Å². The first-order valence-electron chi connectivity index (χ1n) is 12.2. The van der Waals surface area contributed by atoms with Gasteiger partial charge in [0.25, 0.3) is 5.91 Å². The fourth-order valence-electron chi connectivity index (χ4n) is 3.81. The third kappa shape index (κ3) is 9.20. The van der Waals surface area contributed by atoms with Gasteiger partial charge >= 0.3 is 24.3 Å². The van der Waals surface area contributed by atoms with Gasteiger partial charge in [-0.2, -0.15) is 31.4 Å². The van der Waals surface area contributed by atoms with E-state index in [1.54, 1.807) is 36.9 Å². The number of hydrogen-bond acceptors (Lipinski definition) is 7. The van der Waals surface area contributed by atoms with Crippen LogP contribution >= 0.6 is 0 Å². The molecule has 5 heterocycles. The lowest BCUT2D eigenvalue weighted by atomic mass is 9.96. The maximum absolute atomic E-state index is 12.6. The van der Waals surface area contributed by atoms with Crippen LogP contribution in [0.4, 0.5) is 26.3 Å². The molecule has 0 radical (unpaired) electrons. The molecule has 0 bridgehead atoms. The summed E-state index contributed by atoms with van der Waals surface area (Å²) in [7, 11) is 0. The van der Waals surface area contributed by atoms with E-state index in [4.69, 9.17) is 29.9 Å². The van der Waals surface area contributed by atoms with Gasteiger partial charge in [-0.1, -0.05) is 0 Å². The lowest BCUT2D eigenvalue weighted by molar-refractivity contribution is -0.193. The van der Waals surface area contributed by atoms with Crippen LogP contribution in [0.5, 0.6) is 0 Å². The molecular formula is C26H22F6N6O5. The van der Waals surface area contributed by atoms with E-state index in [0.717, 1.165) is 35.4 Å². The summed E-state index contributed by atoms with van der Waals surface area (Å²) >= 11 is 0. The van der Waals surface area contributed by atoms with Gasteiger partial charge in [0.05, 0.1) is 0 Å². The number of piperidine rings is 1. The van der Waals surface area contributed by atoms with Crippen molar-refractivity contribution in [1.82, 2.24) is 29.5 Å². The minimum atomic E-state index is -5.08. The number of carbonyl (C=O) groups is 3. The number of aromatic nitrogens is 5. The Hall–Kier alpha value is -5.09. The van der Waals surface area contributed by atoms with Crippen molar-refractivity contribution >= 4 is 23.5 Å². The third-order valence-corrected chi connectivity index (χ3v) is 5.92. The highest BCUT2D eigenvalue weighted by molar-refractivity contribution is 5.94. The van der Waals surface area contributed by atoms with Crippen molar-refractivity contribution in [3.8, 4) is 11.1 Å². The third-order valence-electron chi connectivity index (χ3n) is 5.92. The number of carboxylic acids is 2. The molecule has 4 aromatic heterocycles. The molecule has 1 fully saturated rings. The average molecular weight is 612 g/mol. The number of alkyl halides is 6. The smallest absolute Gasteiger partial charge is 0.475 e. The predicted octanol–water partition coefficient (Wildman–Crippen LogP) is 4.47. The molecule has 0 unspecified atom stereocenters. The number of hydrogen-bond donors (Lipinski definition) is 2. The quantitative estimate of drug-likeness (QED) is 0.319. The molecule has 0 saturated carbocycles. The Labute approximate surface area is 238 Å². The largest absolute Gasteiger partial charge is 0.490 e. The number of carboxylic acid groups (broad SMARTS) is 2. The van der Waals surface area contributed by atoms with Crippen LogP contribution in [0.25, 0.3) is 16.8 Å². The molecule has 0 spiro atoms. The molecule has 0 aliphatic carbocycles. The van der Waals surface area contributed by atoms with E-state index in [1.165, 1.54) is 0 Å². The number of carbonyl (C=O) groups excluding carboxylic acids is 1. The summed E-state index contributed by atoms with van der Waals surface area (Å²) in [4.78, 5) is 45.1. The van der Waals surface area contributed by atoms with Crippen molar-refractivity contribution in [3.05, 3.63) is 78.8 Å². The van der Waals surface area contributed by atoms with Crippen LogP contribution in [-0.2, 0) is 9.59 Å². The Bertz CT molecular complexity index is 1520. The van der Waals surface area contributed by atoms with Crippen LogP contribution in [0.3, 0.4) is 0 Å². The maximum Gasteiger partial charge on any atom is 0.490 e. The van der Waals surface area contributed by atoms with E-state index >= 15 is 0 Å². The van der Waals surface area contributed by atoms with Crippen LogP contribution in [0, 0.1) is 0 Å². The summed E-state index contributed by atoms with van der Waals surface area (Å²) in [6, 6.07) is 11.5. The van der Waals surface area contributed by atoms with E-state index in [0.29, 0.717) is 18.7 Å². The molecule has 1 aliphatic rings. The van der Waals surface area contributed by atoms with Crippen LogP contribution in [0.2, 0.25) is 0 Å². The number of halogens is 6. The summed E-state index contributed by atoms with van der Waals surface area (Å²) < 4.78 is 65.3. The van der Waals surface area contributed by atoms with Gasteiger partial charge < -0.3 is 15.1 Å². The summed E-state index contributed by atoms with van der Waals surface area (Å²) in [6.45, 7) is 1.42. The Balaban J connectivity index is 0.000000303. The van der Waals surface area contributed by atoms with Gasteiger partial charge in [0.2, 0.25) is 0 Å². The molecule has 1 aliphatic heterocycles. The summed E-state index contributed by atoms with van der Waals surface area (Å²) in [5.74, 6) is -4.33. The number of amides is 1. The maximum atomic E-state index is 12.6. The van der Waals surface area contributed by atoms with Crippen molar-refractivity contribution < 1.29 is 50.9 Å². The number of likely N-dealkylation sites (tertiary alicyclic amines) is 1. The molecule has 2 N–H and O–H groups in total. The van der Waals surface area contributed by atoms with E-state index in [1.807, 2.05) is 33.8 Å². The van der Waals surface area contributed by atoms with Crippen LogP contribution < -0.4 is 0 Å². The van der Waals surface area contributed by atoms with E-state index in [2.05, 4.69) is 16.0 Å². The second-order valence-corrected chi connectivity index (χ2v) is 8.83. The second-order valence-electron chi connectivity index (χ2n) is 8.83. The second kappa shape index (κ2) is 13.7. The van der Waals surface area contributed by atoms with Gasteiger partial charge in [-0.15, -0.1) is 0 Å². The molecule has 0 aromatic carbocycles. The minimum absolute atomic E-state index is 0.0656. The van der Waals surface area contributed by atoms with Crippen LogP contribution in [0.15, 0.2) is 67.4 Å². The zero-order valence-corrected chi connectivity index (χ0v) is 21.8. The molecule has 1 amide bonds. The molecule has 0 atom stereocenters. The summed E-state index contributed by atoms with van der Waals surface area (Å²) in [6.07, 6.45) is 0.446. The fourth-order valence-corrected chi connectivity index (χ4v) is 3.81. The summed E-state index contributed by atoms with van der Waals surface area (Å²) in [5, 5.41) is 19.0. The highest BCUT2D eigenvalue weighted by Crippen LogP contribution is 2.27. The monoisotopic (exact) mass is 612 g/mol.